The molecule has 150 valence electrons. The number of anilines is 1. The molecule has 30 heavy (non-hydrogen) atoms. The van der Waals surface area contributed by atoms with Crippen LogP contribution in [0.3, 0.4) is 0 Å². The number of halogens is 1. The Morgan fingerprint density at radius 1 is 1.13 bits per heavy atom. The standard InChI is InChI=1S/C22H17FN4O3/c23-15-7-5-14(6-8-15)22-17(16-3-1-2-4-18(16)26-22)9-10-21(28)25-19-11-12-24-13-20(19)27(29)30/h1-8,11-13,26H,9-10H2,(H,24,25,28). The number of hydrogen-bond donors (Lipinski definition) is 2. The second-order valence-electron chi connectivity index (χ2n) is 6.73. The van der Waals surface area contributed by atoms with Crippen molar-refractivity contribution in [1.82, 2.24) is 9.97 Å². The minimum absolute atomic E-state index is 0.109. The molecule has 0 atom stereocenters. The van der Waals surface area contributed by atoms with Gasteiger partial charge in [-0.1, -0.05) is 18.2 Å². The number of aryl methyl sites for hydroxylation is 1. The summed E-state index contributed by atoms with van der Waals surface area (Å²) in [6, 6.07) is 15.3. The summed E-state index contributed by atoms with van der Waals surface area (Å²) in [5, 5.41) is 14.7. The van der Waals surface area contributed by atoms with E-state index in [4.69, 9.17) is 0 Å². The lowest BCUT2D eigenvalue weighted by molar-refractivity contribution is -0.384. The molecule has 2 aromatic carbocycles. The number of benzene rings is 2. The maximum absolute atomic E-state index is 13.3. The smallest absolute Gasteiger partial charge is 0.310 e. The molecule has 0 saturated carbocycles. The van der Waals surface area contributed by atoms with Crippen LogP contribution in [-0.2, 0) is 11.2 Å². The molecule has 0 unspecified atom stereocenters. The van der Waals surface area contributed by atoms with E-state index in [-0.39, 0.29) is 29.5 Å². The van der Waals surface area contributed by atoms with Gasteiger partial charge in [0.2, 0.25) is 5.91 Å². The van der Waals surface area contributed by atoms with E-state index in [0.29, 0.717) is 6.42 Å². The number of carbonyl (C=O) groups is 1. The zero-order valence-corrected chi connectivity index (χ0v) is 15.8. The molecule has 2 N–H and O–H groups in total. The summed E-state index contributed by atoms with van der Waals surface area (Å²) in [7, 11) is 0. The summed E-state index contributed by atoms with van der Waals surface area (Å²) < 4.78 is 13.3. The predicted molar refractivity (Wildman–Crippen MR) is 112 cm³/mol. The Kier molecular flexibility index (Phi) is 5.21. The maximum atomic E-state index is 13.3. The van der Waals surface area contributed by atoms with Crippen LogP contribution >= 0.6 is 0 Å². The van der Waals surface area contributed by atoms with E-state index < -0.39 is 4.92 Å². The van der Waals surface area contributed by atoms with Gasteiger partial charge in [0, 0.05) is 29.2 Å². The molecule has 0 aliphatic carbocycles. The van der Waals surface area contributed by atoms with Crippen molar-refractivity contribution >= 4 is 28.2 Å². The fourth-order valence-electron chi connectivity index (χ4n) is 3.41. The summed E-state index contributed by atoms with van der Waals surface area (Å²) in [6.07, 6.45) is 3.01. The minimum Gasteiger partial charge on any atom is -0.354 e. The van der Waals surface area contributed by atoms with Gasteiger partial charge in [0.1, 0.15) is 17.7 Å². The number of aromatic amines is 1. The number of carbonyl (C=O) groups excluding carboxylic acids is 1. The van der Waals surface area contributed by atoms with Crippen molar-refractivity contribution in [2.24, 2.45) is 0 Å². The van der Waals surface area contributed by atoms with E-state index in [1.165, 1.54) is 24.4 Å². The number of aromatic nitrogens is 2. The largest absolute Gasteiger partial charge is 0.354 e. The molecule has 2 aromatic heterocycles. The molecule has 4 aromatic rings. The number of pyridine rings is 1. The third-order valence-electron chi connectivity index (χ3n) is 4.82. The molecule has 0 spiro atoms. The maximum Gasteiger partial charge on any atom is 0.310 e. The zero-order chi connectivity index (χ0) is 21.1. The molecule has 0 aliphatic rings. The Balaban J connectivity index is 1.59. The Hall–Kier alpha value is -4.07. The average Bonchev–Trinajstić information content (AvgIpc) is 3.11. The van der Waals surface area contributed by atoms with Crippen LogP contribution in [0, 0.1) is 15.9 Å². The van der Waals surface area contributed by atoms with Gasteiger partial charge < -0.3 is 10.3 Å². The molecule has 7 nitrogen and oxygen atoms in total. The van der Waals surface area contributed by atoms with Crippen molar-refractivity contribution in [3.8, 4) is 11.3 Å². The third kappa shape index (κ3) is 3.88. The van der Waals surface area contributed by atoms with Gasteiger partial charge in [-0.3, -0.25) is 19.9 Å². The number of fused-ring (bicyclic) bond motifs is 1. The number of hydrogen-bond acceptors (Lipinski definition) is 4. The van der Waals surface area contributed by atoms with Crippen molar-refractivity contribution in [1.29, 1.82) is 0 Å². The number of nitro groups is 1. The van der Waals surface area contributed by atoms with Crippen LogP contribution in [0.5, 0.6) is 0 Å². The molecule has 4 rings (SSSR count). The number of rotatable bonds is 6. The highest BCUT2D eigenvalue weighted by atomic mass is 19.1. The van der Waals surface area contributed by atoms with Crippen molar-refractivity contribution in [2.75, 3.05) is 5.32 Å². The number of nitrogens with one attached hydrogen (secondary N) is 2. The van der Waals surface area contributed by atoms with Gasteiger partial charge >= 0.3 is 5.69 Å². The highest BCUT2D eigenvalue weighted by Crippen LogP contribution is 2.31. The van der Waals surface area contributed by atoms with Gasteiger partial charge in [-0.15, -0.1) is 0 Å². The lowest BCUT2D eigenvalue weighted by Crippen LogP contribution is -2.13. The quantitative estimate of drug-likeness (QED) is 0.354. The molecular weight excluding hydrogens is 387 g/mol. The second kappa shape index (κ2) is 8.12. The summed E-state index contributed by atoms with van der Waals surface area (Å²) >= 11 is 0. The third-order valence-corrected chi connectivity index (χ3v) is 4.82. The summed E-state index contributed by atoms with van der Waals surface area (Å²) in [5.74, 6) is -0.672. The highest BCUT2D eigenvalue weighted by molar-refractivity contribution is 5.95. The first-order valence-electron chi connectivity index (χ1n) is 9.26. The normalized spacial score (nSPS) is 10.8. The zero-order valence-electron chi connectivity index (χ0n) is 15.8. The van der Waals surface area contributed by atoms with Gasteiger partial charge in [0.25, 0.3) is 0 Å². The predicted octanol–water partition coefficient (Wildman–Crippen LogP) is 4.85. The molecule has 0 bridgehead atoms. The van der Waals surface area contributed by atoms with Crippen LogP contribution < -0.4 is 5.32 Å². The van der Waals surface area contributed by atoms with E-state index in [1.807, 2.05) is 24.3 Å². The Bertz CT molecular complexity index is 1230. The van der Waals surface area contributed by atoms with Gasteiger partial charge in [0.05, 0.1) is 4.92 Å². The molecular formula is C22H17FN4O3. The van der Waals surface area contributed by atoms with Crippen molar-refractivity contribution in [3.05, 3.63) is 88.5 Å². The highest BCUT2D eigenvalue weighted by Gasteiger charge is 2.18. The van der Waals surface area contributed by atoms with Crippen molar-refractivity contribution < 1.29 is 14.1 Å². The van der Waals surface area contributed by atoms with Gasteiger partial charge in [0.15, 0.2) is 0 Å². The molecule has 0 aliphatic heterocycles. The van der Waals surface area contributed by atoms with Gasteiger partial charge in [-0.25, -0.2) is 4.39 Å². The molecule has 1 amide bonds. The lowest BCUT2D eigenvalue weighted by atomic mass is 10.0. The average molecular weight is 404 g/mol. The topological polar surface area (TPSA) is 101 Å². The first-order chi connectivity index (χ1) is 14.5. The second-order valence-corrected chi connectivity index (χ2v) is 6.73. The number of H-pyrrole nitrogens is 1. The number of amides is 1. The van der Waals surface area contributed by atoms with E-state index in [9.17, 15) is 19.3 Å². The Morgan fingerprint density at radius 3 is 2.67 bits per heavy atom. The van der Waals surface area contributed by atoms with Crippen LogP contribution in [0.4, 0.5) is 15.8 Å². The van der Waals surface area contributed by atoms with E-state index in [0.717, 1.165) is 33.9 Å². The van der Waals surface area contributed by atoms with Crippen molar-refractivity contribution in [3.63, 3.8) is 0 Å². The van der Waals surface area contributed by atoms with E-state index in [1.54, 1.807) is 12.1 Å². The number of para-hydroxylation sites is 1. The SMILES string of the molecule is O=C(CCc1c(-c2ccc(F)cc2)[nH]c2ccccc12)Nc1ccncc1[N+](=O)[O-]. The fourth-order valence-corrected chi connectivity index (χ4v) is 3.41. The molecule has 0 saturated heterocycles. The molecule has 8 heteroatoms. The first kappa shape index (κ1) is 19.3. The van der Waals surface area contributed by atoms with Gasteiger partial charge in [-0.2, -0.15) is 0 Å². The molecule has 0 radical (unpaired) electrons. The lowest BCUT2D eigenvalue weighted by Gasteiger charge is -2.07. The van der Waals surface area contributed by atoms with Gasteiger partial charge in [-0.05, 0) is 53.9 Å². The van der Waals surface area contributed by atoms with Crippen LogP contribution in [-0.4, -0.2) is 20.8 Å². The van der Waals surface area contributed by atoms with E-state index >= 15 is 0 Å². The summed E-state index contributed by atoms with van der Waals surface area (Å²) in [6.45, 7) is 0. The molecule has 0 fully saturated rings. The Labute approximate surface area is 170 Å². The van der Waals surface area contributed by atoms with Crippen LogP contribution in [0.2, 0.25) is 0 Å². The van der Waals surface area contributed by atoms with Crippen molar-refractivity contribution in [2.45, 2.75) is 12.8 Å². The van der Waals surface area contributed by atoms with E-state index in [2.05, 4.69) is 15.3 Å². The van der Waals surface area contributed by atoms with Crippen LogP contribution in [0.25, 0.3) is 22.2 Å². The summed E-state index contributed by atoms with van der Waals surface area (Å²) in [5.41, 5.74) is 3.32. The monoisotopic (exact) mass is 404 g/mol. The number of nitrogens with zero attached hydrogens (tertiary/aromatic N) is 2. The fraction of sp³-hybridized carbons (Fsp3) is 0.0909. The summed E-state index contributed by atoms with van der Waals surface area (Å²) in [4.78, 5) is 30.1. The Morgan fingerprint density at radius 2 is 1.90 bits per heavy atom. The molecule has 2 heterocycles. The van der Waals surface area contributed by atoms with Crippen LogP contribution in [0.15, 0.2) is 67.0 Å². The minimum atomic E-state index is -0.588. The van der Waals surface area contributed by atoms with Crippen LogP contribution in [0.1, 0.15) is 12.0 Å². The first-order valence-corrected chi connectivity index (χ1v) is 9.26.